The number of likely N-dealkylation sites (tertiary alicyclic amines) is 1. The predicted octanol–water partition coefficient (Wildman–Crippen LogP) is 3.05. The lowest BCUT2D eigenvalue weighted by atomic mass is 9.76. The molecule has 4 rings (SSSR count). The first kappa shape index (κ1) is 16.9. The summed E-state index contributed by atoms with van der Waals surface area (Å²) in [7, 11) is 1.79. The highest BCUT2D eigenvalue weighted by atomic mass is 32.1. The van der Waals surface area contributed by atoms with Crippen molar-refractivity contribution < 1.29 is 4.74 Å². The molecule has 1 unspecified atom stereocenters. The molecule has 134 valence electrons. The summed E-state index contributed by atoms with van der Waals surface area (Å²) < 4.78 is 5.50. The van der Waals surface area contributed by atoms with E-state index in [4.69, 9.17) is 4.74 Å². The minimum atomic E-state index is 0.382. The topological polar surface area (TPSA) is 41.5 Å². The van der Waals surface area contributed by atoms with E-state index < -0.39 is 0 Å². The lowest BCUT2D eigenvalue weighted by Crippen LogP contribution is -2.41. The van der Waals surface area contributed by atoms with Crippen LogP contribution in [0.5, 0.6) is 0 Å². The van der Waals surface area contributed by atoms with Gasteiger partial charge in [-0.3, -0.25) is 4.90 Å². The minimum absolute atomic E-state index is 0.382. The molecule has 25 heavy (non-hydrogen) atoms. The standard InChI is InChI=1S/C19H26N4OS/c1-24-13-17-11-19(15-23(17)18-20-6-2-7-21-18)4-8-22(9-5-19)12-16-3-10-25-14-16/h2-3,6-7,10,14,17H,4-5,8-9,11-13,15H2,1H3. The number of anilines is 1. The molecule has 0 radical (unpaired) electrons. The maximum absolute atomic E-state index is 5.50. The first-order valence-corrected chi connectivity index (χ1v) is 9.98. The van der Waals surface area contributed by atoms with Crippen molar-refractivity contribution in [1.29, 1.82) is 0 Å². The van der Waals surface area contributed by atoms with Gasteiger partial charge in [0.15, 0.2) is 0 Å². The van der Waals surface area contributed by atoms with Crippen LogP contribution in [-0.4, -0.2) is 54.3 Å². The van der Waals surface area contributed by atoms with Crippen molar-refractivity contribution in [2.24, 2.45) is 5.41 Å². The molecule has 2 fully saturated rings. The molecule has 2 aromatic rings. The second-order valence-corrected chi connectivity index (χ2v) is 8.18. The van der Waals surface area contributed by atoms with Crippen LogP contribution in [0.2, 0.25) is 0 Å². The molecule has 0 aliphatic carbocycles. The second-order valence-electron chi connectivity index (χ2n) is 7.40. The normalized spacial score (nSPS) is 23.4. The van der Waals surface area contributed by atoms with Gasteiger partial charge in [0, 0.05) is 32.6 Å². The van der Waals surface area contributed by atoms with Crippen molar-refractivity contribution >= 4 is 17.3 Å². The van der Waals surface area contributed by atoms with Crippen LogP contribution < -0.4 is 4.90 Å². The zero-order valence-corrected chi connectivity index (χ0v) is 15.6. The van der Waals surface area contributed by atoms with Crippen LogP contribution in [0.4, 0.5) is 5.95 Å². The van der Waals surface area contributed by atoms with Crippen LogP contribution in [0, 0.1) is 5.41 Å². The Morgan fingerprint density at radius 3 is 2.76 bits per heavy atom. The first-order valence-electron chi connectivity index (χ1n) is 9.04. The number of hydrogen-bond donors (Lipinski definition) is 0. The Bertz CT molecular complexity index is 655. The van der Waals surface area contributed by atoms with Gasteiger partial charge < -0.3 is 9.64 Å². The van der Waals surface area contributed by atoms with Crippen molar-refractivity contribution in [2.75, 3.05) is 38.3 Å². The number of hydrogen-bond acceptors (Lipinski definition) is 6. The van der Waals surface area contributed by atoms with Crippen LogP contribution >= 0.6 is 11.3 Å². The molecule has 0 bridgehead atoms. The Morgan fingerprint density at radius 2 is 2.08 bits per heavy atom. The zero-order valence-electron chi connectivity index (χ0n) is 14.8. The highest BCUT2D eigenvalue weighted by molar-refractivity contribution is 7.07. The highest BCUT2D eigenvalue weighted by Crippen LogP contribution is 2.44. The van der Waals surface area contributed by atoms with Gasteiger partial charge in [0.05, 0.1) is 12.6 Å². The Labute approximate surface area is 153 Å². The maximum atomic E-state index is 5.50. The van der Waals surface area contributed by atoms with E-state index >= 15 is 0 Å². The molecule has 0 N–H and O–H groups in total. The minimum Gasteiger partial charge on any atom is -0.383 e. The van der Waals surface area contributed by atoms with E-state index in [1.807, 2.05) is 18.5 Å². The number of aromatic nitrogens is 2. The fraction of sp³-hybridized carbons (Fsp3) is 0.579. The average Bonchev–Trinajstić information content (AvgIpc) is 3.27. The average molecular weight is 359 g/mol. The van der Waals surface area contributed by atoms with E-state index in [-0.39, 0.29) is 0 Å². The molecule has 6 heteroatoms. The Hall–Kier alpha value is -1.50. The smallest absolute Gasteiger partial charge is 0.225 e. The summed E-state index contributed by atoms with van der Waals surface area (Å²) >= 11 is 1.79. The van der Waals surface area contributed by atoms with Gasteiger partial charge in [-0.2, -0.15) is 11.3 Å². The van der Waals surface area contributed by atoms with E-state index in [1.54, 1.807) is 18.4 Å². The number of methoxy groups -OCH3 is 1. The SMILES string of the molecule is COCC1CC2(CCN(Cc3ccsc3)CC2)CN1c1ncccn1. The van der Waals surface area contributed by atoms with Gasteiger partial charge in [-0.1, -0.05) is 0 Å². The van der Waals surface area contributed by atoms with E-state index in [2.05, 4.69) is 36.6 Å². The lowest BCUT2D eigenvalue weighted by molar-refractivity contribution is 0.106. The third-order valence-corrected chi connectivity index (χ3v) is 6.42. The molecule has 0 amide bonds. The molecule has 4 heterocycles. The third kappa shape index (κ3) is 3.71. The van der Waals surface area contributed by atoms with Crippen molar-refractivity contribution in [3.63, 3.8) is 0 Å². The zero-order chi connectivity index (χ0) is 17.1. The molecule has 2 saturated heterocycles. The van der Waals surface area contributed by atoms with Crippen molar-refractivity contribution in [2.45, 2.75) is 31.8 Å². The fourth-order valence-electron chi connectivity index (χ4n) is 4.37. The summed E-state index contributed by atoms with van der Waals surface area (Å²) in [6, 6.07) is 4.51. The van der Waals surface area contributed by atoms with Crippen molar-refractivity contribution in [1.82, 2.24) is 14.9 Å². The van der Waals surface area contributed by atoms with Crippen LogP contribution in [0.3, 0.4) is 0 Å². The van der Waals surface area contributed by atoms with Gasteiger partial charge in [-0.25, -0.2) is 9.97 Å². The first-order chi connectivity index (χ1) is 12.3. The van der Waals surface area contributed by atoms with Crippen molar-refractivity contribution in [3.05, 3.63) is 40.8 Å². The molecule has 0 aromatic carbocycles. The van der Waals surface area contributed by atoms with Crippen LogP contribution in [0.1, 0.15) is 24.8 Å². The van der Waals surface area contributed by atoms with Gasteiger partial charge in [0.1, 0.15) is 0 Å². The number of nitrogens with zero attached hydrogens (tertiary/aromatic N) is 4. The second kappa shape index (κ2) is 7.40. The maximum Gasteiger partial charge on any atom is 0.225 e. The van der Waals surface area contributed by atoms with E-state index in [1.165, 1.54) is 37.9 Å². The fourth-order valence-corrected chi connectivity index (χ4v) is 5.03. The van der Waals surface area contributed by atoms with Crippen LogP contribution in [0.15, 0.2) is 35.3 Å². The number of piperidine rings is 1. The van der Waals surface area contributed by atoms with Gasteiger partial charge >= 0.3 is 0 Å². The number of rotatable bonds is 5. The summed E-state index contributed by atoms with van der Waals surface area (Å²) in [5, 5.41) is 4.44. The predicted molar refractivity (Wildman–Crippen MR) is 101 cm³/mol. The van der Waals surface area contributed by atoms with Gasteiger partial charge in [0.2, 0.25) is 5.95 Å². The Morgan fingerprint density at radius 1 is 1.28 bits per heavy atom. The Balaban J connectivity index is 1.42. The van der Waals surface area contributed by atoms with Crippen LogP contribution in [-0.2, 0) is 11.3 Å². The summed E-state index contributed by atoms with van der Waals surface area (Å²) in [6.07, 6.45) is 7.36. The molecule has 1 spiro atoms. The number of ether oxygens (including phenoxy) is 1. The van der Waals surface area contributed by atoms with E-state index in [9.17, 15) is 0 Å². The molecule has 2 aromatic heterocycles. The molecular weight excluding hydrogens is 332 g/mol. The summed E-state index contributed by atoms with van der Waals surface area (Å²) in [6.45, 7) is 5.25. The summed E-state index contributed by atoms with van der Waals surface area (Å²) in [4.78, 5) is 13.9. The molecule has 0 saturated carbocycles. The number of thiophene rings is 1. The lowest BCUT2D eigenvalue weighted by Gasteiger charge is -2.39. The largest absolute Gasteiger partial charge is 0.383 e. The van der Waals surface area contributed by atoms with Crippen molar-refractivity contribution in [3.8, 4) is 0 Å². The molecule has 2 aliphatic rings. The van der Waals surface area contributed by atoms with Gasteiger partial charge in [-0.05, 0) is 66.2 Å². The third-order valence-electron chi connectivity index (χ3n) is 5.69. The highest BCUT2D eigenvalue weighted by Gasteiger charge is 2.46. The van der Waals surface area contributed by atoms with Crippen LogP contribution in [0.25, 0.3) is 0 Å². The molecular formula is C19H26N4OS. The van der Waals surface area contributed by atoms with Gasteiger partial charge in [0.25, 0.3) is 0 Å². The molecule has 1 atom stereocenters. The summed E-state index contributed by atoms with van der Waals surface area (Å²) in [5.74, 6) is 0.849. The Kier molecular flexibility index (Phi) is 5.01. The van der Waals surface area contributed by atoms with E-state index in [0.29, 0.717) is 11.5 Å². The van der Waals surface area contributed by atoms with Gasteiger partial charge in [-0.15, -0.1) is 0 Å². The quantitative estimate of drug-likeness (QED) is 0.822. The summed E-state index contributed by atoms with van der Waals surface area (Å²) in [5.41, 5.74) is 1.83. The van der Waals surface area contributed by atoms with E-state index in [0.717, 1.165) is 25.6 Å². The monoisotopic (exact) mass is 358 g/mol. The molecule has 2 aliphatic heterocycles. The molecule has 5 nitrogen and oxygen atoms in total.